The minimum atomic E-state index is -2.38. The van der Waals surface area contributed by atoms with Gasteiger partial charge >= 0.3 is 5.97 Å². The SMILES string of the molecule is CCCCCCCCCCCC(C(=O)OCC)=P(c1ccccc1)(c1ccccc1)c1ccccc1. The van der Waals surface area contributed by atoms with Gasteiger partial charge in [0.1, 0.15) is 0 Å². The lowest BCUT2D eigenvalue weighted by atomic mass is 10.1. The van der Waals surface area contributed by atoms with Gasteiger partial charge in [0.2, 0.25) is 0 Å². The Kier molecular flexibility index (Phi) is 12.1. The minimum absolute atomic E-state index is 0.137. The highest BCUT2D eigenvalue weighted by molar-refractivity contribution is 7.96. The molecule has 0 saturated heterocycles. The quantitative estimate of drug-likeness (QED) is 0.121. The second-order valence-electron chi connectivity index (χ2n) is 9.42. The Hall–Kier alpha value is -2.57. The van der Waals surface area contributed by atoms with Gasteiger partial charge < -0.3 is 4.74 Å². The molecule has 3 aromatic carbocycles. The first-order valence-electron chi connectivity index (χ1n) is 13.8. The molecular formula is C33H43O2P. The van der Waals surface area contributed by atoms with Crippen LogP contribution in [0.5, 0.6) is 0 Å². The zero-order valence-corrected chi connectivity index (χ0v) is 23.1. The molecule has 36 heavy (non-hydrogen) atoms. The predicted molar refractivity (Wildman–Crippen MR) is 159 cm³/mol. The summed E-state index contributed by atoms with van der Waals surface area (Å²) in [6.45, 7) is 2.18. The summed E-state index contributed by atoms with van der Waals surface area (Å²) in [6, 6.07) is 31.9. The highest BCUT2D eigenvalue weighted by Crippen LogP contribution is 2.47. The molecule has 192 valence electrons. The smallest absolute Gasteiger partial charge is 0.335 e. The second kappa shape index (κ2) is 15.5. The van der Waals surface area contributed by atoms with E-state index in [-0.39, 0.29) is 5.97 Å². The van der Waals surface area contributed by atoms with Gasteiger partial charge in [-0.3, -0.25) is 0 Å². The molecule has 0 saturated carbocycles. The van der Waals surface area contributed by atoms with Crippen molar-refractivity contribution in [3.05, 3.63) is 91.0 Å². The molecule has 0 unspecified atom stereocenters. The van der Waals surface area contributed by atoms with E-state index in [1.54, 1.807) is 0 Å². The van der Waals surface area contributed by atoms with Gasteiger partial charge in [0, 0.05) is 5.29 Å². The van der Waals surface area contributed by atoms with Crippen molar-refractivity contribution < 1.29 is 9.53 Å². The van der Waals surface area contributed by atoms with E-state index >= 15 is 0 Å². The third-order valence-corrected chi connectivity index (χ3v) is 11.3. The van der Waals surface area contributed by atoms with Gasteiger partial charge in [-0.2, -0.15) is 0 Å². The van der Waals surface area contributed by atoms with Crippen LogP contribution in [-0.4, -0.2) is 17.9 Å². The summed E-state index contributed by atoms with van der Waals surface area (Å²) < 4.78 is 5.76. The average Bonchev–Trinajstić information content (AvgIpc) is 2.93. The number of rotatable bonds is 15. The first-order valence-corrected chi connectivity index (χ1v) is 15.6. The molecule has 0 bridgehead atoms. The van der Waals surface area contributed by atoms with Crippen LogP contribution in [0.1, 0.15) is 78.1 Å². The van der Waals surface area contributed by atoms with Gasteiger partial charge in [-0.25, -0.2) is 4.79 Å². The van der Waals surface area contributed by atoms with Gasteiger partial charge in [0.25, 0.3) is 0 Å². The van der Waals surface area contributed by atoms with Crippen molar-refractivity contribution in [3.63, 3.8) is 0 Å². The van der Waals surface area contributed by atoms with Crippen molar-refractivity contribution >= 4 is 34.1 Å². The van der Waals surface area contributed by atoms with Gasteiger partial charge in [-0.15, -0.1) is 0 Å². The summed E-state index contributed by atoms with van der Waals surface area (Å²) in [6.07, 6.45) is 12.1. The molecular weight excluding hydrogens is 459 g/mol. The minimum Gasteiger partial charge on any atom is -0.463 e. The first kappa shape index (κ1) is 28.0. The zero-order chi connectivity index (χ0) is 25.5. The second-order valence-corrected chi connectivity index (χ2v) is 12.9. The van der Waals surface area contributed by atoms with Crippen LogP contribution < -0.4 is 15.9 Å². The van der Waals surface area contributed by atoms with E-state index in [1.807, 2.05) is 6.92 Å². The van der Waals surface area contributed by atoms with Crippen molar-refractivity contribution in [2.75, 3.05) is 6.61 Å². The summed E-state index contributed by atoms with van der Waals surface area (Å²) in [7, 11) is 0. The molecule has 2 nitrogen and oxygen atoms in total. The molecule has 3 aromatic rings. The number of hydrogen-bond donors (Lipinski definition) is 0. The zero-order valence-electron chi connectivity index (χ0n) is 22.2. The molecule has 0 spiro atoms. The maximum atomic E-state index is 13.7. The number of benzene rings is 3. The molecule has 0 radical (unpaired) electrons. The van der Waals surface area contributed by atoms with Crippen LogP contribution in [0.25, 0.3) is 0 Å². The lowest BCUT2D eigenvalue weighted by Gasteiger charge is -2.32. The van der Waals surface area contributed by atoms with Crippen LogP contribution in [0.4, 0.5) is 0 Å². The molecule has 0 aliphatic carbocycles. The Bertz CT molecular complexity index is 971. The van der Waals surface area contributed by atoms with Crippen LogP contribution in [0.3, 0.4) is 0 Å². The monoisotopic (exact) mass is 502 g/mol. The van der Waals surface area contributed by atoms with Crippen LogP contribution >= 0.6 is 6.89 Å². The molecule has 0 heterocycles. The van der Waals surface area contributed by atoms with Crippen LogP contribution in [0.2, 0.25) is 0 Å². The van der Waals surface area contributed by atoms with E-state index in [2.05, 4.69) is 97.9 Å². The molecule has 0 N–H and O–H groups in total. The lowest BCUT2D eigenvalue weighted by molar-refractivity contribution is -0.134. The molecule has 3 rings (SSSR count). The molecule has 3 heteroatoms. The fourth-order valence-corrected chi connectivity index (χ4v) is 9.61. The van der Waals surface area contributed by atoms with Crippen molar-refractivity contribution in [1.29, 1.82) is 0 Å². The van der Waals surface area contributed by atoms with E-state index in [0.29, 0.717) is 6.61 Å². The molecule has 0 amide bonds. The highest BCUT2D eigenvalue weighted by Gasteiger charge is 2.33. The van der Waals surface area contributed by atoms with E-state index < -0.39 is 6.89 Å². The predicted octanol–water partition coefficient (Wildman–Crippen LogP) is 7.64. The van der Waals surface area contributed by atoms with Crippen molar-refractivity contribution in [1.82, 2.24) is 0 Å². The summed E-state index contributed by atoms with van der Waals surface area (Å²) in [5.74, 6) is -0.137. The Morgan fingerprint density at radius 1 is 0.583 bits per heavy atom. The van der Waals surface area contributed by atoms with Gasteiger partial charge in [-0.05, 0) is 42.6 Å². The standard InChI is InChI=1S/C33H43O2P/c1-3-5-6-7-8-9-10-11-21-28-32(33(34)35-4-2)36(29-22-15-12-16-23-29,30-24-17-13-18-25-30)31-26-19-14-20-27-31/h12-20,22-27H,3-11,21,28H2,1-2H3. The van der Waals surface area contributed by atoms with Gasteiger partial charge in [0.15, 0.2) is 0 Å². The third-order valence-electron chi connectivity index (χ3n) is 6.86. The molecule has 0 fully saturated rings. The van der Waals surface area contributed by atoms with E-state index in [9.17, 15) is 4.79 Å². The molecule has 0 aromatic heterocycles. The number of carbonyl (C=O) groups is 1. The topological polar surface area (TPSA) is 26.3 Å². The van der Waals surface area contributed by atoms with E-state index in [4.69, 9.17) is 4.74 Å². The van der Waals surface area contributed by atoms with E-state index in [1.165, 1.54) is 60.9 Å². The van der Waals surface area contributed by atoms with Crippen LogP contribution in [-0.2, 0) is 9.53 Å². The average molecular weight is 503 g/mol. The summed E-state index contributed by atoms with van der Waals surface area (Å²) >= 11 is 0. The van der Waals surface area contributed by atoms with Gasteiger partial charge in [-0.1, -0.05) is 149 Å². The lowest BCUT2D eigenvalue weighted by Crippen LogP contribution is -2.34. The molecule has 0 aliphatic heterocycles. The Morgan fingerprint density at radius 3 is 1.36 bits per heavy atom. The molecule has 0 atom stereocenters. The third kappa shape index (κ3) is 7.23. The highest BCUT2D eigenvalue weighted by atomic mass is 31.2. The summed E-state index contributed by atoms with van der Waals surface area (Å²) in [5.41, 5.74) is 0. The van der Waals surface area contributed by atoms with Crippen molar-refractivity contribution in [2.24, 2.45) is 0 Å². The number of hydrogen-bond acceptors (Lipinski definition) is 2. The fourth-order valence-electron chi connectivity index (χ4n) is 5.09. The van der Waals surface area contributed by atoms with Gasteiger partial charge in [0.05, 0.1) is 6.61 Å². The maximum absolute atomic E-state index is 13.7. The van der Waals surface area contributed by atoms with E-state index in [0.717, 1.165) is 24.6 Å². The number of esters is 1. The number of ether oxygens (including phenoxy) is 1. The van der Waals surface area contributed by atoms with Crippen molar-refractivity contribution in [3.8, 4) is 0 Å². The first-order chi connectivity index (χ1) is 17.7. The van der Waals surface area contributed by atoms with Crippen molar-refractivity contribution in [2.45, 2.75) is 78.1 Å². The maximum Gasteiger partial charge on any atom is 0.335 e. The Balaban J connectivity index is 2.05. The normalized spacial score (nSPS) is 11.3. The summed E-state index contributed by atoms with van der Waals surface area (Å²) in [5, 5.41) is 4.57. The van der Waals surface area contributed by atoms with Crippen LogP contribution in [0, 0.1) is 0 Å². The summed E-state index contributed by atoms with van der Waals surface area (Å²) in [4.78, 5) is 13.7. The number of unbranched alkanes of at least 4 members (excludes halogenated alkanes) is 8. The fraction of sp³-hybridized carbons (Fsp3) is 0.394. The van der Waals surface area contributed by atoms with Crippen LogP contribution in [0.15, 0.2) is 91.0 Å². The number of carbonyl (C=O) groups excluding carboxylic acids is 1. The largest absolute Gasteiger partial charge is 0.463 e. The Morgan fingerprint density at radius 2 is 0.972 bits per heavy atom. The molecule has 0 aliphatic rings. The Labute approximate surface area is 219 Å².